The van der Waals surface area contributed by atoms with E-state index in [-0.39, 0.29) is 6.04 Å². The molecule has 2 nitrogen and oxygen atoms in total. The summed E-state index contributed by atoms with van der Waals surface area (Å²) in [5, 5.41) is 3.30. The minimum atomic E-state index is -4.11. The molecule has 0 aliphatic carbocycles. The highest BCUT2D eigenvalue weighted by Crippen LogP contribution is 2.18. The van der Waals surface area contributed by atoms with Gasteiger partial charge in [-0.15, -0.1) is 0 Å². The quantitative estimate of drug-likeness (QED) is 0.689. The number of halogens is 3. The van der Waals surface area contributed by atoms with Crippen LogP contribution in [0, 0.1) is 0 Å². The molecular weight excluding hydrogens is 241 g/mol. The van der Waals surface area contributed by atoms with E-state index < -0.39 is 12.7 Å². The number of hydrogen-bond acceptors (Lipinski definition) is 2. The van der Waals surface area contributed by atoms with Crippen LogP contribution in [0.5, 0.6) is 0 Å². The van der Waals surface area contributed by atoms with Gasteiger partial charge in [0.25, 0.3) is 0 Å². The lowest BCUT2D eigenvalue weighted by molar-refractivity contribution is -0.150. The van der Waals surface area contributed by atoms with Crippen molar-refractivity contribution in [3.63, 3.8) is 0 Å². The summed E-state index contributed by atoms with van der Waals surface area (Å²) in [5.74, 6) is 0. The molecule has 0 aromatic carbocycles. The normalized spacial score (nSPS) is 16.0. The van der Waals surface area contributed by atoms with Gasteiger partial charge in [0.15, 0.2) is 0 Å². The summed E-state index contributed by atoms with van der Waals surface area (Å²) in [4.78, 5) is 1.51. The van der Waals surface area contributed by atoms with Crippen LogP contribution in [0.15, 0.2) is 0 Å². The van der Waals surface area contributed by atoms with Gasteiger partial charge in [0.2, 0.25) is 0 Å². The lowest BCUT2D eigenvalue weighted by Crippen LogP contribution is -2.46. The average molecular weight is 268 g/mol. The first-order valence-corrected chi connectivity index (χ1v) is 6.84. The standard InChI is InChI=1S/C13H27F3N2/c1-5-7-11(3)17-9-12(4)18(8-6-2)10-13(14,15)16/h11-12,17H,5-10H2,1-4H3. The molecule has 0 aromatic heterocycles. The second-order valence-electron chi connectivity index (χ2n) is 5.03. The van der Waals surface area contributed by atoms with Gasteiger partial charge in [-0.3, -0.25) is 4.90 Å². The molecule has 0 radical (unpaired) electrons. The SMILES string of the molecule is CCCC(C)NCC(C)N(CCC)CC(F)(F)F. The van der Waals surface area contributed by atoms with Crippen molar-refractivity contribution in [3.8, 4) is 0 Å². The first kappa shape index (κ1) is 17.7. The third kappa shape index (κ3) is 8.75. The van der Waals surface area contributed by atoms with Crippen molar-refractivity contribution in [1.29, 1.82) is 0 Å². The predicted octanol–water partition coefficient (Wildman–Crippen LogP) is 3.43. The fourth-order valence-corrected chi connectivity index (χ4v) is 2.01. The Morgan fingerprint density at radius 1 is 1.11 bits per heavy atom. The van der Waals surface area contributed by atoms with E-state index in [9.17, 15) is 13.2 Å². The Balaban J connectivity index is 4.17. The summed E-state index contributed by atoms with van der Waals surface area (Å²) in [5.41, 5.74) is 0. The van der Waals surface area contributed by atoms with Crippen molar-refractivity contribution in [1.82, 2.24) is 10.2 Å². The summed E-state index contributed by atoms with van der Waals surface area (Å²) in [7, 11) is 0. The minimum absolute atomic E-state index is 0.0918. The van der Waals surface area contributed by atoms with Gasteiger partial charge in [-0.2, -0.15) is 13.2 Å². The molecule has 0 spiro atoms. The van der Waals surface area contributed by atoms with E-state index in [1.165, 1.54) is 4.90 Å². The fourth-order valence-electron chi connectivity index (χ4n) is 2.01. The first-order valence-electron chi connectivity index (χ1n) is 6.84. The topological polar surface area (TPSA) is 15.3 Å². The van der Waals surface area contributed by atoms with Gasteiger partial charge in [0.05, 0.1) is 6.54 Å². The Morgan fingerprint density at radius 2 is 1.72 bits per heavy atom. The van der Waals surface area contributed by atoms with Crippen LogP contribution >= 0.6 is 0 Å². The van der Waals surface area contributed by atoms with E-state index in [0.29, 0.717) is 19.1 Å². The molecule has 0 aliphatic rings. The molecule has 0 saturated heterocycles. The zero-order valence-electron chi connectivity index (χ0n) is 12.0. The minimum Gasteiger partial charge on any atom is -0.313 e. The summed E-state index contributed by atoms with van der Waals surface area (Å²) >= 11 is 0. The maximum absolute atomic E-state index is 12.4. The van der Waals surface area contributed by atoms with Gasteiger partial charge in [0, 0.05) is 18.6 Å². The largest absolute Gasteiger partial charge is 0.401 e. The lowest BCUT2D eigenvalue weighted by atomic mass is 10.2. The van der Waals surface area contributed by atoms with Crippen molar-refractivity contribution in [3.05, 3.63) is 0 Å². The van der Waals surface area contributed by atoms with E-state index in [0.717, 1.165) is 19.3 Å². The Labute approximate surface area is 109 Å². The number of rotatable bonds is 9. The summed E-state index contributed by atoms with van der Waals surface area (Å²) in [6, 6.07) is 0.276. The van der Waals surface area contributed by atoms with Gasteiger partial charge in [0.1, 0.15) is 0 Å². The molecule has 0 amide bonds. The molecule has 0 bridgehead atoms. The van der Waals surface area contributed by atoms with Crippen LogP contribution in [0.3, 0.4) is 0 Å². The second kappa shape index (κ2) is 8.75. The summed E-state index contributed by atoms with van der Waals surface area (Å²) in [6.07, 6.45) is -1.23. The van der Waals surface area contributed by atoms with Crippen LogP contribution in [0.2, 0.25) is 0 Å². The predicted molar refractivity (Wildman–Crippen MR) is 69.8 cm³/mol. The van der Waals surface area contributed by atoms with Crippen LogP contribution < -0.4 is 5.32 Å². The van der Waals surface area contributed by atoms with Crippen molar-refractivity contribution in [2.75, 3.05) is 19.6 Å². The van der Waals surface area contributed by atoms with Crippen molar-refractivity contribution in [2.24, 2.45) is 0 Å². The van der Waals surface area contributed by atoms with E-state index in [4.69, 9.17) is 0 Å². The molecule has 2 unspecified atom stereocenters. The summed E-state index contributed by atoms with van der Waals surface area (Å²) < 4.78 is 37.3. The third-order valence-electron chi connectivity index (χ3n) is 3.00. The molecule has 0 heterocycles. The fraction of sp³-hybridized carbons (Fsp3) is 1.00. The molecule has 2 atom stereocenters. The number of nitrogens with one attached hydrogen (secondary N) is 1. The van der Waals surface area contributed by atoms with Crippen LogP contribution in [0.4, 0.5) is 13.2 Å². The maximum Gasteiger partial charge on any atom is 0.401 e. The molecule has 18 heavy (non-hydrogen) atoms. The first-order chi connectivity index (χ1) is 8.30. The molecular formula is C13H27F3N2. The van der Waals surface area contributed by atoms with E-state index in [1.807, 2.05) is 13.8 Å². The Kier molecular flexibility index (Phi) is 8.61. The molecule has 1 N–H and O–H groups in total. The zero-order chi connectivity index (χ0) is 14.2. The van der Waals surface area contributed by atoms with Gasteiger partial charge in [-0.25, -0.2) is 0 Å². The molecule has 110 valence electrons. The number of nitrogens with zero attached hydrogens (tertiary/aromatic N) is 1. The third-order valence-corrected chi connectivity index (χ3v) is 3.00. The van der Waals surface area contributed by atoms with Gasteiger partial charge in [-0.05, 0) is 33.2 Å². The van der Waals surface area contributed by atoms with Crippen LogP contribution in [-0.4, -0.2) is 42.8 Å². The van der Waals surface area contributed by atoms with Crippen LogP contribution in [-0.2, 0) is 0 Å². The van der Waals surface area contributed by atoms with Crippen molar-refractivity contribution >= 4 is 0 Å². The number of hydrogen-bond donors (Lipinski definition) is 1. The Hall–Kier alpha value is -0.290. The zero-order valence-corrected chi connectivity index (χ0v) is 12.0. The van der Waals surface area contributed by atoms with Crippen molar-refractivity contribution in [2.45, 2.75) is 65.2 Å². The van der Waals surface area contributed by atoms with E-state index in [2.05, 4.69) is 19.2 Å². The number of alkyl halides is 3. The highest BCUT2D eigenvalue weighted by atomic mass is 19.4. The van der Waals surface area contributed by atoms with E-state index in [1.54, 1.807) is 0 Å². The molecule has 0 aliphatic heterocycles. The molecule has 0 rings (SSSR count). The van der Waals surface area contributed by atoms with Gasteiger partial charge in [-0.1, -0.05) is 20.3 Å². The van der Waals surface area contributed by atoms with Gasteiger partial charge >= 0.3 is 6.18 Å². The second-order valence-corrected chi connectivity index (χ2v) is 5.03. The molecule has 0 saturated carbocycles. The molecule has 5 heteroatoms. The lowest BCUT2D eigenvalue weighted by Gasteiger charge is -2.30. The van der Waals surface area contributed by atoms with Crippen LogP contribution in [0.1, 0.15) is 47.0 Å². The Bertz CT molecular complexity index is 207. The molecule has 0 aromatic rings. The van der Waals surface area contributed by atoms with Crippen molar-refractivity contribution < 1.29 is 13.2 Å². The van der Waals surface area contributed by atoms with Crippen LogP contribution in [0.25, 0.3) is 0 Å². The summed E-state index contributed by atoms with van der Waals surface area (Å²) in [6.45, 7) is 8.22. The van der Waals surface area contributed by atoms with E-state index >= 15 is 0 Å². The van der Waals surface area contributed by atoms with Gasteiger partial charge < -0.3 is 5.32 Å². The monoisotopic (exact) mass is 268 g/mol. The highest BCUT2D eigenvalue weighted by molar-refractivity contribution is 4.74. The smallest absolute Gasteiger partial charge is 0.313 e. The average Bonchev–Trinajstić information content (AvgIpc) is 2.24. The maximum atomic E-state index is 12.4. The Morgan fingerprint density at radius 3 is 2.17 bits per heavy atom. The highest BCUT2D eigenvalue weighted by Gasteiger charge is 2.32. The molecule has 0 fully saturated rings.